The van der Waals surface area contributed by atoms with E-state index in [4.69, 9.17) is 4.74 Å². The van der Waals surface area contributed by atoms with Gasteiger partial charge < -0.3 is 4.74 Å². The van der Waals surface area contributed by atoms with E-state index in [2.05, 4.69) is 32.9 Å². The normalized spacial score (nSPS) is 10.9. The average molecular weight is 347 g/mol. The van der Waals surface area contributed by atoms with E-state index in [-0.39, 0.29) is 0 Å². The van der Waals surface area contributed by atoms with Crippen LogP contribution in [0.25, 0.3) is 16.9 Å². The Balaban J connectivity index is 1.98. The number of benzene rings is 1. The highest BCUT2D eigenvalue weighted by molar-refractivity contribution is 7.99. The summed E-state index contributed by atoms with van der Waals surface area (Å²) in [6.07, 6.45) is 4.23. The third-order valence-corrected chi connectivity index (χ3v) is 4.64. The highest BCUT2D eigenvalue weighted by Crippen LogP contribution is 2.33. The number of hydrogen-bond acceptors (Lipinski definition) is 6. The van der Waals surface area contributed by atoms with Gasteiger partial charge in [0.05, 0.1) is 12.8 Å². The largest absolute Gasteiger partial charge is 0.497 e. The highest BCUT2D eigenvalue weighted by atomic mass is 32.2. The van der Waals surface area contributed by atoms with Gasteiger partial charge in [-0.2, -0.15) is 22.8 Å². The number of thioether (sulfide) groups is 1. The van der Waals surface area contributed by atoms with Crippen LogP contribution in [0, 0.1) is 0 Å². The molecule has 0 fully saturated rings. The first-order valence-electron chi connectivity index (χ1n) is 7.15. The monoisotopic (exact) mass is 347 g/mol. The molecule has 0 aliphatic heterocycles. The lowest BCUT2D eigenvalue weighted by molar-refractivity contribution is 0.415. The van der Waals surface area contributed by atoms with Gasteiger partial charge in [-0.05, 0) is 36.4 Å². The Morgan fingerprint density at radius 1 is 1.30 bits per heavy atom. The first-order chi connectivity index (χ1) is 11.3. The molecule has 0 aliphatic rings. The van der Waals surface area contributed by atoms with Crippen molar-refractivity contribution in [1.82, 2.24) is 25.0 Å². The smallest absolute Gasteiger partial charge is 0.144 e. The molecule has 23 heavy (non-hydrogen) atoms. The Morgan fingerprint density at radius 3 is 2.78 bits per heavy atom. The van der Waals surface area contributed by atoms with Gasteiger partial charge in [-0.15, -0.1) is 11.8 Å². The van der Waals surface area contributed by atoms with E-state index in [0.717, 1.165) is 45.6 Å². The summed E-state index contributed by atoms with van der Waals surface area (Å²) in [5.74, 6) is 2.64. The van der Waals surface area contributed by atoms with Crippen molar-refractivity contribution in [3.8, 4) is 22.7 Å². The fourth-order valence-corrected chi connectivity index (χ4v) is 3.45. The minimum Gasteiger partial charge on any atom is -0.497 e. The van der Waals surface area contributed by atoms with Crippen LogP contribution in [0.1, 0.15) is 6.42 Å². The lowest BCUT2D eigenvalue weighted by Crippen LogP contribution is -1.97. The van der Waals surface area contributed by atoms with Crippen LogP contribution in [0.4, 0.5) is 0 Å². The number of thiol groups is 1. The molecule has 3 aromatic rings. The van der Waals surface area contributed by atoms with Crippen molar-refractivity contribution < 1.29 is 4.74 Å². The van der Waals surface area contributed by atoms with Crippen LogP contribution in [0.3, 0.4) is 0 Å². The molecule has 3 rings (SSSR count). The van der Waals surface area contributed by atoms with Gasteiger partial charge in [-0.3, -0.25) is 5.10 Å². The van der Waals surface area contributed by atoms with Crippen LogP contribution >= 0.6 is 24.4 Å². The molecule has 0 amide bonds. The molecular weight excluding hydrogens is 330 g/mol. The van der Waals surface area contributed by atoms with Crippen molar-refractivity contribution in [2.24, 2.45) is 0 Å². The Bertz CT molecular complexity index is 740. The Labute approximate surface area is 144 Å². The van der Waals surface area contributed by atoms with E-state index in [1.165, 1.54) is 6.33 Å². The van der Waals surface area contributed by atoms with E-state index in [0.29, 0.717) is 0 Å². The molecule has 1 aromatic carbocycles. The first-order valence-corrected chi connectivity index (χ1v) is 8.76. The number of nitrogens with zero attached hydrogens (tertiary/aromatic N) is 4. The molecule has 0 aliphatic carbocycles. The van der Waals surface area contributed by atoms with E-state index in [1.54, 1.807) is 29.9 Å². The molecule has 8 heteroatoms. The molecule has 0 atom stereocenters. The lowest BCUT2D eigenvalue weighted by atomic mass is 10.1. The van der Waals surface area contributed by atoms with Crippen LogP contribution < -0.4 is 4.74 Å². The molecule has 1 N–H and O–H groups in total. The number of rotatable bonds is 7. The molecule has 0 spiro atoms. The summed E-state index contributed by atoms with van der Waals surface area (Å²) in [6.45, 7) is 0. The van der Waals surface area contributed by atoms with Crippen LogP contribution in [0.5, 0.6) is 5.75 Å². The number of aromatic nitrogens is 5. The molecule has 120 valence electrons. The number of methoxy groups -OCH3 is 1. The Kier molecular flexibility index (Phi) is 5.24. The highest BCUT2D eigenvalue weighted by Gasteiger charge is 2.17. The van der Waals surface area contributed by atoms with Crippen LogP contribution in [-0.4, -0.2) is 43.6 Å². The topological polar surface area (TPSA) is 68.6 Å². The van der Waals surface area contributed by atoms with Crippen molar-refractivity contribution in [1.29, 1.82) is 0 Å². The minimum atomic E-state index is 0.818. The second kappa shape index (κ2) is 7.56. The fourth-order valence-electron chi connectivity index (χ4n) is 2.15. The number of H-pyrrole nitrogens is 1. The standard InChI is InChI=1S/C15H17N5OS2/c1-21-12-5-3-11(4-6-12)13-14(20-10-16-9-17-20)15(19-18-13)23-8-2-7-22/h3-6,9-10,22H,2,7-8H2,1H3,(H,18,19). The Hall–Kier alpha value is -1.93. The van der Waals surface area contributed by atoms with Gasteiger partial charge >= 0.3 is 0 Å². The fraction of sp³-hybridized carbons (Fsp3) is 0.267. The summed E-state index contributed by atoms with van der Waals surface area (Å²) in [7, 11) is 1.65. The molecule has 0 unspecified atom stereocenters. The van der Waals surface area contributed by atoms with Crippen molar-refractivity contribution in [3.05, 3.63) is 36.9 Å². The van der Waals surface area contributed by atoms with E-state index < -0.39 is 0 Å². The zero-order valence-electron chi connectivity index (χ0n) is 12.6. The van der Waals surface area contributed by atoms with E-state index in [9.17, 15) is 0 Å². The van der Waals surface area contributed by atoms with Gasteiger partial charge in [0.1, 0.15) is 29.1 Å². The van der Waals surface area contributed by atoms with E-state index in [1.807, 2.05) is 24.3 Å². The maximum atomic E-state index is 5.21. The summed E-state index contributed by atoms with van der Waals surface area (Å²) in [6, 6.07) is 7.84. The summed E-state index contributed by atoms with van der Waals surface area (Å²) in [5, 5.41) is 12.7. The summed E-state index contributed by atoms with van der Waals surface area (Å²) in [4.78, 5) is 4.05. The van der Waals surface area contributed by atoms with Gasteiger partial charge in [-0.25, -0.2) is 9.67 Å². The maximum absolute atomic E-state index is 5.21. The predicted molar refractivity (Wildman–Crippen MR) is 94.7 cm³/mol. The lowest BCUT2D eigenvalue weighted by Gasteiger charge is -2.06. The van der Waals surface area contributed by atoms with Gasteiger partial charge in [0.2, 0.25) is 0 Å². The quantitative estimate of drug-likeness (QED) is 0.390. The molecule has 0 saturated heterocycles. The van der Waals surface area contributed by atoms with Gasteiger partial charge in [0.25, 0.3) is 0 Å². The number of ether oxygens (including phenoxy) is 1. The summed E-state index contributed by atoms with van der Waals surface area (Å²) < 4.78 is 6.96. The van der Waals surface area contributed by atoms with Crippen LogP contribution in [0.15, 0.2) is 41.9 Å². The second-order valence-corrected chi connectivity index (χ2v) is 6.28. The molecule has 2 heterocycles. The van der Waals surface area contributed by atoms with Crippen molar-refractivity contribution in [3.63, 3.8) is 0 Å². The predicted octanol–water partition coefficient (Wildman–Crippen LogP) is 3.08. The maximum Gasteiger partial charge on any atom is 0.144 e. The van der Waals surface area contributed by atoms with Gasteiger partial charge in [0, 0.05) is 11.3 Å². The van der Waals surface area contributed by atoms with Crippen molar-refractivity contribution >= 4 is 24.4 Å². The number of aromatic amines is 1. The molecule has 0 saturated carbocycles. The molecule has 6 nitrogen and oxygen atoms in total. The number of hydrogen-bond donors (Lipinski definition) is 2. The van der Waals surface area contributed by atoms with Crippen LogP contribution in [0.2, 0.25) is 0 Å². The van der Waals surface area contributed by atoms with E-state index >= 15 is 0 Å². The molecule has 0 radical (unpaired) electrons. The summed E-state index contributed by atoms with van der Waals surface area (Å²) in [5.41, 5.74) is 2.84. The van der Waals surface area contributed by atoms with Crippen molar-refractivity contribution in [2.45, 2.75) is 11.4 Å². The molecule has 2 aromatic heterocycles. The van der Waals surface area contributed by atoms with Gasteiger partial charge in [0.15, 0.2) is 0 Å². The number of nitrogens with one attached hydrogen (secondary N) is 1. The first kappa shape index (κ1) is 15.9. The third kappa shape index (κ3) is 3.53. The summed E-state index contributed by atoms with van der Waals surface area (Å²) >= 11 is 5.94. The molecule has 0 bridgehead atoms. The third-order valence-electron chi connectivity index (χ3n) is 3.28. The zero-order chi connectivity index (χ0) is 16.1. The second-order valence-electron chi connectivity index (χ2n) is 4.75. The minimum absolute atomic E-state index is 0.818. The SMILES string of the molecule is COc1ccc(-c2[nH]nc(SCCCS)c2-n2cncn2)cc1. The van der Waals surface area contributed by atoms with Crippen molar-refractivity contribution in [2.75, 3.05) is 18.6 Å². The average Bonchev–Trinajstić information content (AvgIpc) is 3.24. The Morgan fingerprint density at radius 2 is 2.13 bits per heavy atom. The molecular formula is C15H17N5OS2. The van der Waals surface area contributed by atoms with Gasteiger partial charge in [-0.1, -0.05) is 0 Å². The zero-order valence-corrected chi connectivity index (χ0v) is 14.3. The van der Waals surface area contributed by atoms with Crippen LogP contribution in [-0.2, 0) is 0 Å².